The van der Waals surface area contributed by atoms with Gasteiger partial charge < -0.3 is 10.6 Å². The number of fused-ring (bicyclic) bond motifs is 1. The van der Waals surface area contributed by atoms with Crippen molar-refractivity contribution in [1.82, 2.24) is 0 Å². The van der Waals surface area contributed by atoms with E-state index >= 15 is 0 Å². The molecule has 1 saturated carbocycles. The van der Waals surface area contributed by atoms with Crippen LogP contribution in [0.4, 0.5) is 11.4 Å². The van der Waals surface area contributed by atoms with Crippen molar-refractivity contribution in [3.8, 4) is 0 Å². The molecule has 1 aromatic heterocycles. The third-order valence-electron chi connectivity index (χ3n) is 4.52. The molecular formula is C18H18N2O2S. The molecule has 4 nitrogen and oxygen atoms in total. The number of anilines is 2. The first kappa shape index (κ1) is 14.5. The minimum atomic E-state index is 0.0568. The summed E-state index contributed by atoms with van der Waals surface area (Å²) in [6.07, 6.45) is 2.17. The molecule has 5 heteroatoms. The maximum absolute atomic E-state index is 12.4. The Morgan fingerprint density at radius 1 is 1.26 bits per heavy atom. The van der Waals surface area contributed by atoms with Gasteiger partial charge in [-0.05, 0) is 55.7 Å². The van der Waals surface area contributed by atoms with Crippen molar-refractivity contribution in [2.24, 2.45) is 5.92 Å². The number of carbonyl (C=O) groups excluding carboxylic acids is 2. The maximum atomic E-state index is 12.4. The molecule has 0 saturated heterocycles. The summed E-state index contributed by atoms with van der Waals surface area (Å²) in [6.45, 7) is 2.09. The average molecular weight is 326 g/mol. The standard InChI is InChI=1S/C18H18N2O2S/c1-10-2-6-16(23-10)13-9-14(13)18(22)19-12-4-5-15-11(8-12)3-7-17(21)20-15/h2,4-6,8,13-14H,3,7,9H2,1H3,(H,19,22)(H,20,21)/t13-,14-/m1/s1. The van der Waals surface area contributed by atoms with Gasteiger partial charge in [-0.25, -0.2) is 0 Å². The minimum absolute atomic E-state index is 0.0568. The SMILES string of the molecule is Cc1ccc([C@@H]2C[C@H]2C(=O)Nc2ccc3c(c2)CCC(=O)N3)s1. The van der Waals surface area contributed by atoms with Crippen molar-refractivity contribution >= 4 is 34.5 Å². The number of hydrogen-bond acceptors (Lipinski definition) is 3. The Bertz CT molecular complexity index is 796. The van der Waals surface area contributed by atoms with Crippen LogP contribution in [0.1, 0.15) is 34.1 Å². The second-order valence-electron chi connectivity index (χ2n) is 6.31. The van der Waals surface area contributed by atoms with Gasteiger partial charge in [-0.2, -0.15) is 0 Å². The Hall–Kier alpha value is -2.14. The van der Waals surface area contributed by atoms with Gasteiger partial charge in [0.15, 0.2) is 0 Å². The van der Waals surface area contributed by atoms with Gasteiger partial charge in [0.2, 0.25) is 11.8 Å². The third-order valence-corrected chi connectivity index (χ3v) is 5.65. The van der Waals surface area contributed by atoms with Crippen LogP contribution in [0.25, 0.3) is 0 Å². The number of benzene rings is 1. The molecule has 0 radical (unpaired) electrons. The highest BCUT2D eigenvalue weighted by molar-refractivity contribution is 7.12. The number of thiophene rings is 1. The summed E-state index contributed by atoms with van der Waals surface area (Å²) in [5.41, 5.74) is 2.76. The summed E-state index contributed by atoms with van der Waals surface area (Å²) in [7, 11) is 0. The van der Waals surface area contributed by atoms with E-state index in [9.17, 15) is 9.59 Å². The molecule has 4 rings (SSSR count). The summed E-state index contributed by atoms with van der Waals surface area (Å²) in [4.78, 5) is 26.4. The first-order valence-electron chi connectivity index (χ1n) is 7.90. The lowest BCUT2D eigenvalue weighted by Gasteiger charge is -2.17. The largest absolute Gasteiger partial charge is 0.326 e. The number of rotatable bonds is 3. The van der Waals surface area contributed by atoms with E-state index < -0.39 is 0 Å². The van der Waals surface area contributed by atoms with Crippen LogP contribution in [0.2, 0.25) is 0 Å². The van der Waals surface area contributed by atoms with Gasteiger partial charge in [-0.3, -0.25) is 9.59 Å². The van der Waals surface area contributed by atoms with Gasteiger partial charge >= 0.3 is 0 Å². The fraction of sp³-hybridized carbons (Fsp3) is 0.333. The summed E-state index contributed by atoms with van der Waals surface area (Å²) in [5, 5.41) is 5.88. The van der Waals surface area contributed by atoms with Gasteiger partial charge in [0, 0.05) is 39.4 Å². The molecule has 2 atom stereocenters. The zero-order chi connectivity index (χ0) is 16.0. The number of nitrogens with one attached hydrogen (secondary N) is 2. The highest BCUT2D eigenvalue weighted by Gasteiger charge is 2.44. The monoisotopic (exact) mass is 326 g/mol. The molecule has 0 bridgehead atoms. The maximum Gasteiger partial charge on any atom is 0.228 e. The first-order chi connectivity index (χ1) is 11.1. The molecule has 2 aliphatic rings. The van der Waals surface area contributed by atoms with E-state index in [4.69, 9.17) is 0 Å². The predicted molar refractivity (Wildman–Crippen MR) is 91.9 cm³/mol. The Balaban J connectivity index is 1.43. The number of carbonyl (C=O) groups is 2. The number of aryl methyl sites for hydroxylation is 2. The summed E-state index contributed by atoms with van der Waals surface area (Å²) in [5.74, 6) is 0.622. The van der Waals surface area contributed by atoms with Crippen molar-refractivity contribution in [3.63, 3.8) is 0 Å². The predicted octanol–water partition coefficient (Wildman–Crippen LogP) is 3.68. The molecule has 2 amide bonds. The van der Waals surface area contributed by atoms with Crippen LogP contribution in [-0.4, -0.2) is 11.8 Å². The normalized spacial score (nSPS) is 22.2. The first-order valence-corrected chi connectivity index (χ1v) is 8.72. The zero-order valence-corrected chi connectivity index (χ0v) is 13.7. The Kier molecular flexibility index (Phi) is 3.45. The lowest BCUT2D eigenvalue weighted by Crippen LogP contribution is -2.20. The van der Waals surface area contributed by atoms with E-state index in [1.165, 1.54) is 9.75 Å². The Morgan fingerprint density at radius 2 is 2.13 bits per heavy atom. The second kappa shape index (κ2) is 5.49. The van der Waals surface area contributed by atoms with Crippen LogP contribution < -0.4 is 10.6 Å². The van der Waals surface area contributed by atoms with E-state index in [1.54, 1.807) is 11.3 Å². The molecule has 2 aromatic rings. The van der Waals surface area contributed by atoms with Crippen molar-refractivity contribution in [2.75, 3.05) is 10.6 Å². The van der Waals surface area contributed by atoms with E-state index in [0.29, 0.717) is 12.3 Å². The minimum Gasteiger partial charge on any atom is -0.326 e. The van der Waals surface area contributed by atoms with Crippen LogP contribution in [0.3, 0.4) is 0 Å². The van der Waals surface area contributed by atoms with E-state index in [0.717, 1.165) is 29.8 Å². The van der Waals surface area contributed by atoms with Crippen LogP contribution in [0.15, 0.2) is 30.3 Å². The highest BCUT2D eigenvalue weighted by Crippen LogP contribution is 2.50. The summed E-state index contributed by atoms with van der Waals surface area (Å²) >= 11 is 1.78. The van der Waals surface area contributed by atoms with E-state index in [-0.39, 0.29) is 17.7 Å². The quantitative estimate of drug-likeness (QED) is 0.904. The van der Waals surface area contributed by atoms with Crippen LogP contribution in [0.5, 0.6) is 0 Å². The molecule has 1 aliphatic heterocycles. The van der Waals surface area contributed by atoms with Gasteiger partial charge in [-0.1, -0.05) is 0 Å². The van der Waals surface area contributed by atoms with Crippen molar-refractivity contribution in [3.05, 3.63) is 45.6 Å². The fourth-order valence-electron chi connectivity index (χ4n) is 3.15. The van der Waals surface area contributed by atoms with E-state index in [1.807, 2.05) is 18.2 Å². The molecule has 1 fully saturated rings. The van der Waals surface area contributed by atoms with Crippen molar-refractivity contribution in [1.29, 1.82) is 0 Å². The van der Waals surface area contributed by atoms with Gasteiger partial charge in [0.05, 0.1) is 0 Å². The van der Waals surface area contributed by atoms with Crippen LogP contribution in [0, 0.1) is 12.8 Å². The van der Waals surface area contributed by atoms with Crippen LogP contribution in [-0.2, 0) is 16.0 Å². The third kappa shape index (κ3) is 2.88. The summed E-state index contributed by atoms with van der Waals surface area (Å²) in [6, 6.07) is 9.95. The smallest absolute Gasteiger partial charge is 0.228 e. The topological polar surface area (TPSA) is 58.2 Å². The van der Waals surface area contributed by atoms with Gasteiger partial charge in [-0.15, -0.1) is 11.3 Å². The molecule has 2 heterocycles. The molecule has 1 aliphatic carbocycles. The fourth-order valence-corrected chi connectivity index (χ4v) is 4.20. The van der Waals surface area contributed by atoms with Crippen molar-refractivity contribution < 1.29 is 9.59 Å². The molecule has 2 N–H and O–H groups in total. The van der Waals surface area contributed by atoms with Crippen LogP contribution >= 0.6 is 11.3 Å². The highest BCUT2D eigenvalue weighted by atomic mass is 32.1. The lowest BCUT2D eigenvalue weighted by molar-refractivity contribution is -0.117. The summed E-state index contributed by atoms with van der Waals surface area (Å²) < 4.78 is 0. The Labute approximate surface area is 138 Å². The average Bonchev–Trinajstić information content (AvgIpc) is 3.22. The molecular weight excluding hydrogens is 308 g/mol. The molecule has 0 unspecified atom stereocenters. The second-order valence-corrected chi connectivity index (χ2v) is 7.63. The van der Waals surface area contributed by atoms with Gasteiger partial charge in [0.1, 0.15) is 0 Å². The number of amides is 2. The lowest BCUT2D eigenvalue weighted by atomic mass is 10.0. The zero-order valence-electron chi connectivity index (χ0n) is 12.9. The van der Waals surface area contributed by atoms with Crippen molar-refractivity contribution in [2.45, 2.75) is 32.1 Å². The van der Waals surface area contributed by atoms with E-state index in [2.05, 4.69) is 29.7 Å². The molecule has 23 heavy (non-hydrogen) atoms. The number of hydrogen-bond donors (Lipinski definition) is 2. The Morgan fingerprint density at radius 3 is 2.91 bits per heavy atom. The molecule has 0 spiro atoms. The van der Waals surface area contributed by atoms with Gasteiger partial charge in [0.25, 0.3) is 0 Å². The molecule has 1 aromatic carbocycles. The molecule has 118 valence electrons.